The van der Waals surface area contributed by atoms with E-state index in [-0.39, 0.29) is 16.7 Å². The Morgan fingerprint density at radius 2 is 1.65 bits per heavy atom. The highest BCUT2D eigenvalue weighted by Gasteiger charge is 2.31. The fourth-order valence-electron chi connectivity index (χ4n) is 1.84. The number of alkyl halides is 3. The lowest BCUT2D eigenvalue weighted by atomic mass is 10.1. The lowest BCUT2D eigenvalue weighted by Crippen LogP contribution is -2.15. The summed E-state index contributed by atoms with van der Waals surface area (Å²) in [6.45, 7) is 1.77. The molecule has 0 heterocycles. The standard InChI is InChI=1S/C15H12F3NO3S/c1-10-2-6-13(7-3-10)23(21,22)19-14-8-12(15(16,17)18)5-4-11(14)9-20/h2-9,19H,1H3. The van der Waals surface area contributed by atoms with E-state index >= 15 is 0 Å². The van der Waals surface area contributed by atoms with E-state index in [2.05, 4.69) is 0 Å². The average molecular weight is 343 g/mol. The van der Waals surface area contributed by atoms with E-state index in [4.69, 9.17) is 0 Å². The molecule has 2 rings (SSSR count). The molecular formula is C15H12F3NO3S. The Kier molecular flexibility index (Phi) is 4.46. The number of aryl methyl sites for hydroxylation is 1. The van der Waals surface area contributed by atoms with Crippen molar-refractivity contribution in [1.29, 1.82) is 0 Å². The number of hydrogen-bond acceptors (Lipinski definition) is 3. The molecule has 0 saturated heterocycles. The third kappa shape index (κ3) is 3.89. The summed E-state index contributed by atoms with van der Waals surface area (Å²) in [6.07, 6.45) is -4.36. The van der Waals surface area contributed by atoms with Crippen LogP contribution in [-0.2, 0) is 16.2 Å². The topological polar surface area (TPSA) is 63.2 Å². The maximum atomic E-state index is 12.7. The van der Waals surface area contributed by atoms with Gasteiger partial charge in [0.1, 0.15) is 0 Å². The Balaban J connectivity index is 2.45. The number of aldehydes is 1. The Bertz CT molecular complexity index is 828. The van der Waals surface area contributed by atoms with Crippen LogP contribution in [0.15, 0.2) is 47.4 Å². The number of hydrogen-bond donors (Lipinski definition) is 1. The largest absolute Gasteiger partial charge is 0.416 e. The summed E-state index contributed by atoms with van der Waals surface area (Å²) >= 11 is 0. The van der Waals surface area contributed by atoms with Crippen molar-refractivity contribution in [1.82, 2.24) is 0 Å². The number of nitrogens with one attached hydrogen (secondary N) is 1. The van der Waals surface area contributed by atoms with Gasteiger partial charge < -0.3 is 0 Å². The first-order valence-corrected chi connectivity index (χ1v) is 7.88. The molecule has 122 valence electrons. The van der Waals surface area contributed by atoms with E-state index in [0.29, 0.717) is 12.1 Å². The molecule has 0 aliphatic heterocycles. The van der Waals surface area contributed by atoms with Crippen molar-refractivity contribution in [3.63, 3.8) is 0 Å². The zero-order valence-electron chi connectivity index (χ0n) is 11.9. The fourth-order valence-corrected chi connectivity index (χ4v) is 2.92. The predicted molar refractivity (Wildman–Crippen MR) is 78.8 cm³/mol. The zero-order valence-corrected chi connectivity index (χ0v) is 12.7. The number of sulfonamides is 1. The monoisotopic (exact) mass is 343 g/mol. The number of carbonyl (C=O) groups excluding carboxylic acids is 1. The van der Waals surface area contributed by atoms with Gasteiger partial charge in [0.15, 0.2) is 6.29 Å². The predicted octanol–water partition coefficient (Wildman–Crippen LogP) is 3.63. The third-order valence-corrected chi connectivity index (χ3v) is 4.46. The minimum atomic E-state index is -4.65. The fraction of sp³-hybridized carbons (Fsp3) is 0.133. The Morgan fingerprint density at radius 1 is 1.04 bits per heavy atom. The summed E-state index contributed by atoms with van der Waals surface area (Å²) < 4.78 is 64.7. The molecule has 0 radical (unpaired) electrons. The number of rotatable bonds is 4. The number of carbonyl (C=O) groups is 1. The van der Waals surface area contributed by atoms with Gasteiger partial charge in [-0.2, -0.15) is 13.2 Å². The molecule has 0 aromatic heterocycles. The van der Waals surface area contributed by atoms with Gasteiger partial charge in [-0.15, -0.1) is 0 Å². The van der Waals surface area contributed by atoms with Gasteiger partial charge in [-0.1, -0.05) is 17.7 Å². The first-order valence-electron chi connectivity index (χ1n) is 6.39. The van der Waals surface area contributed by atoms with Crippen molar-refractivity contribution in [3.05, 3.63) is 59.2 Å². The summed E-state index contributed by atoms with van der Waals surface area (Å²) in [5.74, 6) is 0. The van der Waals surface area contributed by atoms with Gasteiger partial charge in [0.05, 0.1) is 16.1 Å². The molecular weight excluding hydrogens is 331 g/mol. The van der Waals surface area contributed by atoms with E-state index in [0.717, 1.165) is 11.6 Å². The van der Waals surface area contributed by atoms with Crippen LogP contribution in [0.25, 0.3) is 0 Å². The van der Waals surface area contributed by atoms with E-state index in [1.807, 2.05) is 4.72 Å². The second-order valence-electron chi connectivity index (χ2n) is 4.84. The maximum absolute atomic E-state index is 12.7. The van der Waals surface area contributed by atoms with Gasteiger partial charge in [0, 0.05) is 5.56 Å². The van der Waals surface area contributed by atoms with Gasteiger partial charge in [-0.05, 0) is 37.3 Å². The van der Waals surface area contributed by atoms with Crippen LogP contribution in [0, 0.1) is 6.92 Å². The summed E-state index contributed by atoms with van der Waals surface area (Å²) in [5.41, 5.74) is -0.828. The molecule has 0 spiro atoms. The molecule has 2 aromatic rings. The lowest BCUT2D eigenvalue weighted by Gasteiger charge is -2.13. The SMILES string of the molecule is Cc1ccc(S(=O)(=O)Nc2cc(C(F)(F)F)ccc2C=O)cc1. The minimum absolute atomic E-state index is 0.114. The van der Waals surface area contributed by atoms with Crippen molar-refractivity contribution in [2.45, 2.75) is 18.0 Å². The van der Waals surface area contributed by atoms with Crippen molar-refractivity contribution in [2.24, 2.45) is 0 Å². The van der Waals surface area contributed by atoms with Crippen LogP contribution in [0.1, 0.15) is 21.5 Å². The lowest BCUT2D eigenvalue weighted by molar-refractivity contribution is -0.137. The van der Waals surface area contributed by atoms with Crippen molar-refractivity contribution in [2.75, 3.05) is 4.72 Å². The van der Waals surface area contributed by atoms with E-state index < -0.39 is 27.5 Å². The highest BCUT2D eigenvalue weighted by molar-refractivity contribution is 7.92. The molecule has 23 heavy (non-hydrogen) atoms. The highest BCUT2D eigenvalue weighted by Crippen LogP contribution is 2.32. The summed E-state index contributed by atoms with van der Waals surface area (Å²) in [5, 5.41) is 0. The zero-order chi connectivity index (χ0) is 17.3. The molecule has 4 nitrogen and oxygen atoms in total. The molecule has 0 saturated carbocycles. The molecule has 0 amide bonds. The van der Waals surface area contributed by atoms with Crippen LogP contribution in [0.5, 0.6) is 0 Å². The second kappa shape index (κ2) is 6.04. The van der Waals surface area contributed by atoms with Crippen molar-refractivity contribution in [3.8, 4) is 0 Å². The highest BCUT2D eigenvalue weighted by atomic mass is 32.2. The Labute approximate surface area is 131 Å². The number of benzene rings is 2. The van der Waals surface area contributed by atoms with Gasteiger partial charge in [-0.3, -0.25) is 9.52 Å². The maximum Gasteiger partial charge on any atom is 0.416 e. The van der Waals surface area contributed by atoms with E-state index in [1.165, 1.54) is 12.1 Å². The van der Waals surface area contributed by atoms with Crippen molar-refractivity contribution < 1.29 is 26.4 Å². The summed E-state index contributed by atoms with van der Waals surface area (Å²) in [7, 11) is -4.10. The van der Waals surface area contributed by atoms with Gasteiger partial charge >= 0.3 is 6.18 Å². The molecule has 1 N–H and O–H groups in total. The first kappa shape index (κ1) is 17.0. The quantitative estimate of drug-likeness (QED) is 0.863. The summed E-state index contributed by atoms with van der Waals surface area (Å²) in [4.78, 5) is 10.8. The van der Waals surface area contributed by atoms with Gasteiger partial charge in [0.2, 0.25) is 0 Å². The molecule has 0 fully saturated rings. The molecule has 0 aliphatic rings. The molecule has 8 heteroatoms. The van der Waals surface area contributed by atoms with Crippen LogP contribution in [0.2, 0.25) is 0 Å². The van der Waals surface area contributed by atoms with Crippen LogP contribution >= 0.6 is 0 Å². The third-order valence-electron chi connectivity index (χ3n) is 3.08. The first-order chi connectivity index (χ1) is 10.6. The van der Waals surface area contributed by atoms with Crippen LogP contribution in [-0.4, -0.2) is 14.7 Å². The van der Waals surface area contributed by atoms with Crippen LogP contribution in [0.4, 0.5) is 18.9 Å². The van der Waals surface area contributed by atoms with Crippen LogP contribution < -0.4 is 4.72 Å². The molecule has 0 bridgehead atoms. The molecule has 0 aliphatic carbocycles. The second-order valence-corrected chi connectivity index (χ2v) is 6.52. The average Bonchev–Trinajstić information content (AvgIpc) is 2.46. The molecule has 0 atom stereocenters. The van der Waals surface area contributed by atoms with Gasteiger partial charge in [0.25, 0.3) is 10.0 Å². The smallest absolute Gasteiger partial charge is 0.298 e. The normalized spacial score (nSPS) is 12.0. The van der Waals surface area contributed by atoms with E-state index in [9.17, 15) is 26.4 Å². The number of halogens is 3. The van der Waals surface area contributed by atoms with Gasteiger partial charge in [-0.25, -0.2) is 8.42 Å². The Morgan fingerprint density at radius 3 is 2.17 bits per heavy atom. The molecule has 2 aromatic carbocycles. The minimum Gasteiger partial charge on any atom is -0.298 e. The Hall–Kier alpha value is -2.35. The summed E-state index contributed by atoms with van der Waals surface area (Å²) in [6, 6.07) is 7.99. The molecule has 0 unspecified atom stereocenters. The van der Waals surface area contributed by atoms with E-state index in [1.54, 1.807) is 19.1 Å². The number of anilines is 1. The van der Waals surface area contributed by atoms with Crippen LogP contribution in [0.3, 0.4) is 0 Å². The van der Waals surface area contributed by atoms with Crippen molar-refractivity contribution >= 4 is 22.0 Å².